The summed E-state index contributed by atoms with van der Waals surface area (Å²) in [5, 5.41) is 0. The highest BCUT2D eigenvalue weighted by Gasteiger charge is 2.21. The zero-order valence-electron chi connectivity index (χ0n) is 9.75. The Hall–Kier alpha value is -2.64. The molecule has 1 aromatic heterocycles. The topological polar surface area (TPSA) is 54.0 Å². The second-order valence-electron chi connectivity index (χ2n) is 3.64. The zero-order chi connectivity index (χ0) is 14.7. The molecule has 0 saturated heterocycles. The Morgan fingerprint density at radius 3 is 2.05 bits per heavy atom. The monoisotopic (exact) mass is 285 g/mol. The molecule has 0 aliphatic heterocycles. The minimum Gasteiger partial charge on any atom is -0.292 e. The van der Waals surface area contributed by atoms with Crippen molar-refractivity contribution in [1.29, 1.82) is 0 Å². The Balaban J connectivity index is 2.18. The number of amides is 1. The molecule has 0 unspecified atom stereocenters. The summed E-state index contributed by atoms with van der Waals surface area (Å²) >= 11 is 0. The van der Waals surface area contributed by atoms with E-state index in [0.717, 1.165) is 0 Å². The molecule has 0 spiro atoms. The number of nitrogens with zero attached hydrogens (tertiary/aromatic N) is 1. The van der Waals surface area contributed by atoms with Crippen LogP contribution in [0.15, 0.2) is 30.3 Å². The number of rotatable bonds is 3. The Morgan fingerprint density at radius 2 is 1.50 bits per heavy atom. The van der Waals surface area contributed by atoms with Crippen molar-refractivity contribution in [2.45, 2.75) is 0 Å². The van der Waals surface area contributed by atoms with Gasteiger partial charge in [0.25, 0.3) is 17.8 Å². The van der Waals surface area contributed by atoms with Gasteiger partial charge in [-0.3, -0.25) is 15.6 Å². The van der Waals surface area contributed by atoms with Crippen LogP contribution in [0.3, 0.4) is 0 Å². The first-order chi connectivity index (χ1) is 9.50. The van der Waals surface area contributed by atoms with E-state index in [9.17, 15) is 22.4 Å². The summed E-state index contributed by atoms with van der Waals surface area (Å²) < 4.78 is 52.1. The molecule has 0 fully saturated rings. The molecule has 2 aromatic rings. The number of benzene rings is 1. The lowest BCUT2D eigenvalue weighted by Gasteiger charge is -2.10. The van der Waals surface area contributed by atoms with Crippen LogP contribution in [0.4, 0.5) is 23.2 Å². The Kier molecular flexibility index (Phi) is 3.83. The van der Waals surface area contributed by atoms with Crippen LogP contribution in [-0.2, 0) is 0 Å². The van der Waals surface area contributed by atoms with Crippen LogP contribution in [0.2, 0.25) is 0 Å². The second kappa shape index (κ2) is 5.55. The molecular weight excluding hydrogens is 278 g/mol. The van der Waals surface area contributed by atoms with E-state index in [2.05, 4.69) is 4.98 Å². The molecule has 20 heavy (non-hydrogen) atoms. The zero-order valence-corrected chi connectivity index (χ0v) is 9.75. The summed E-state index contributed by atoms with van der Waals surface area (Å²) in [6, 6.07) is 7.69. The van der Waals surface area contributed by atoms with Gasteiger partial charge in [-0.15, -0.1) is 0 Å². The van der Waals surface area contributed by atoms with Crippen molar-refractivity contribution in [3.8, 4) is 0 Å². The number of anilines is 1. The first kappa shape index (κ1) is 13.8. The Labute approximate surface area is 110 Å². The maximum Gasteiger partial charge on any atom is 0.269 e. The van der Waals surface area contributed by atoms with Gasteiger partial charge in [-0.1, -0.05) is 18.2 Å². The van der Waals surface area contributed by atoms with E-state index in [1.807, 2.05) is 5.43 Å². The van der Waals surface area contributed by atoms with Crippen molar-refractivity contribution in [2.24, 2.45) is 0 Å². The van der Waals surface area contributed by atoms with E-state index in [4.69, 9.17) is 0 Å². The number of halogens is 4. The third kappa shape index (κ3) is 2.68. The predicted octanol–water partition coefficient (Wildman–Crippen LogP) is 2.39. The average Bonchev–Trinajstić information content (AvgIpc) is 2.46. The quantitative estimate of drug-likeness (QED) is 0.517. The SMILES string of the molecule is O=C(NNc1c(F)c(F)nc(F)c1F)c1ccccc1. The smallest absolute Gasteiger partial charge is 0.269 e. The number of carbonyl (C=O) groups excluding carboxylic acids is 1. The summed E-state index contributed by atoms with van der Waals surface area (Å²) in [5.41, 5.74) is 2.74. The highest BCUT2D eigenvalue weighted by molar-refractivity contribution is 5.94. The Morgan fingerprint density at radius 1 is 0.950 bits per heavy atom. The van der Waals surface area contributed by atoms with Crippen LogP contribution in [0.1, 0.15) is 10.4 Å². The van der Waals surface area contributed by atoms with Gasteiger partial charge < -0.3 is 0 Å². The van der Waals surface area contributed by atoms with E-state index in [1.54, 1.807) is 23.6 Å². The van der Waals surface area contributed by atoms with Crippen molar-refractivity contribution in [2.75, 3.05) is 5.43 Å². The largest absolute Gasteiger partial charge is 0.292 e. The van der Waals surface area contributed by atoms with Crippen molar-refractivity contribution in [3.05, 3.63) is 59.4 Å². The molecule has 1 aromatic carbocycles. The second-order valence-corrected chi connectivity index (χ2v) is 3.64. The third-order valence-corrected chi connectivity index (χ3v) is 2.33. The number of carbonyl (C=O) groups is 1. The van der Waals surface area contributed by atoms with E-state index in [1.165, 1.54) is 12.1 Å². The van der Waals surface area contributed by atoms with Gasteiger partial charge in [0.2, 0.25) is 11.6 Å². The average molecular weight is 285 g/mol. The molecule has 0 aliphatic carbocycles. The molecule has 0 atom stereocenters. The van der Waals surface area contributed by atoms with Crippen LogP contribution in [0.5, 0.6) is 0 Å². The molecule has 0 saturated carbocycles. The lowest BCUT2D eigenvalue weighted by Crippen LogP contribution is -2.30. The first-order valence-corrected chi connectivity index (χ1v) is 5.32. The van der Waals surface area contributed by atoms with E-state index in [-0.39, 0.29) is 5.56 Å². The maximum absolute atomic E-state index is 13.2. The highest BCUT2D eigenvalue weighted by atomic mass is 19.2. The van der Waals surface area contributed by atoms with E-state index >= 15 is 0 Å². The van der Waals surface area contributed by atoms with Crippen molar-refractivity contribution >= 4 is 11.6 Å². The fourth-order valence-corrected chi connectivity index (χ4v) is 1.38. The van der Waals surface area contributed by atoms with Gasteiger partial charge in [0.1, 0.15) is 5.69 Å². The summed E-state index contributed by atoms with van der Waals surface area (Å²) in [6.07, 6.45) is 0. The highest BCUT2D eigenvalue weighted by Crippen LogP contribution is 2.21. The number of pyridine rings is 1. The number of nitrogens with one attached hydrogen (secondary N) is 2. The van der Waals surface area contributed by atoms with E-state index < -0.39 is 35.1 Å². The van der Waals surface area contributed by atoms with Gasteiger partial charge in [-0.2, -0.15) is 22.5 Å². The number of hydrogen-bond acceptors (Lipinski definition) is 3. The summed E-state index contributed by atoms with van der Waals surface area (Å²) in [4.78, 5) is 14.0. The Bertz CT molecular complexity index is 623. The normalized spacial score (nSPS) is 10.2. The van der Waals surface area contributed by atoms with Crippen LogP contribution in [-0.4, -0.2) is 10.9 Å². The molecule has 8 heteroatoms. The van der Waals surface area contributed by atoms with Crippen molar-refractivity contribution in [1.82, 2.24) is 10.4 Å². The summed E-state index contributed by atoms with van der Waals surface area (Å²) in [7, 11) is 0. The van der Waals surface area contributed by atoms with Gasteiger partial charge in [0.15, 0.2) is 0 Å². The molecule has 2 rings (SSSR count). The first-order valence-electron chi connectivity index (χ1n) is 5.32. The lowest BCUT2D eigenvalue weighted by molar-refractivity contribution is 0.0962. The van der Waals surface area contributed by atoms with Gasteiger partial charge in [-0.05, 0) is 12.1 Å². The van der Waals surface area contributed by atoms with Crippen molar-refractivity contribution < 1.29 is 22.4 Å². The maximum atomic E-state index is 13.2. The van der Waals surface area contributed by atoms with Gasteiger partial charge >= 0.3 is 0 Å². The van der Waals surface area contributed by atoms with Gasteiger partial charge in [0, 0.05) is 5.56 Å². The minimum atomic E-state index is -1.82. The molecule has 104 valence electrons. The minimum absolute atomic E-state index is 0.191. The summed E-state index contributed by atoms with van der Waals surface area (Å²) in [6.45, 7) is 0. The molecule has 0 aliphatic rings. The number of aromatic nitrogens is 1. The molecule has 1 amide bonds. The molecular formula is C12H7F4N3O. The summed E-state index contributed by atoms with van der Waals surface area (Å²) in [5.74, 6) is -7.85. The van der Waals surface area contributed by atoms with Gasteiger partial charge in [0.05, 0.1) is 0 Å². The lowest BCUT2D eigenvalue weighted by atomic mass is 10.2. The van der Waals surface area contributed by atoms with Crippen LogP contribution in [0.25, 0.3) is 0 Å². The number of hydrogen-bond donors (Lipinski definition) is 2. The van der Waals surface area contributed by atoms with Crippen LogP contribution < -0.4 is 10.9 Å². The fraction of sp³-hybridized carbons (Fsp3) is 0. The fourth-order valence-electron chi connectivity index (χ4n) is 1.38. The molecule has 0 radical (unpaired) electrons. The number of hydrazine groups is 1. The standard InChI is InChI=1S/C12H7F4N3O/c13-7-9(8(14)11(16)17-10(7)15)18-19-12(20)6-4-2-1-3-5-6/h1-5H,(H,17,18)(H,19,20). The molecule has 0 bridgehead atoms. The third-order valence-electron chi connectivity index (χ3n) is 2.33. The van der Waals surface area contributed by atoms with Gasteiger partial charge in [-0.25, -0.2) is 0 Å². The van der Waals surface area contributed by atoms with Crippen LogP contribution >= 0.6 is 0 Å². The molecule has 1 heterocycles. The van der Waals surface area contributed by atoms with E-state index in [0.29, 0.717) is 0 Å². The predicted molar refractivity (Wildman–Crippen MR) is 61.6 cm³/mol. The van der Waals surface area contributed by atoms with Crippen molar-refractivity contribution in [3.63, 3.8) is 0 Å². The molecule has 2 N–H and O–H groups in total. The van der Waals surface area contributed by atoms with Crippen LogP contribution in [0, 0.1) is 23.5 Å². The molecule has 4 nitrogen and oxygen atoms in total.